The van der Waals surface area contributed by atoms with E-state index in [0.29, 0.717) is 18.7 Å². The molecule has 1 aliphatic carbocycles. The number of nitrogens with zero attached hydrogens (tertiary/aromatic N) is 3. The number of aryl methyl sites for hydroxylation is 2. The van der Waals surface area contributed by atoms with Crippen LogP contribution in [0.25, 0.3) is 0 Å². The van der Waals surface area contributed by atoms with Crippen LogP contribution in [0.1, 0.15) is 54.4 Å². The molecule has 1 aromatic heterocycles. The van der Waals surface area contributed by atoms with Gasteiger partial charge in [-0.05, 0) is 45.1 Å². The average molecular weight is 380 g/mol. The smallest absolute Gasteiger partial charge is 0.274 e. The Hall–Kier alpha value is -2.76. The van der Waals surface area contributed by atoms with Gasteiger partial charge in [0, 0.05) is 31.2 Å². The van der Waals surface area contributed by atoms with E-state index in [1.807, 2.05) is 32.0 Å². The first-order valence-electron chi connectivity index (χ1n) is 9.96. The molecule has 0 aliphatic heterocycles. The van der Waals surface area contributed by atoms with E-state index in [-0.39, 0.29) is 23.9 Å². The Morgan fingerprint density at radius 2 is 1.93 bits per heavy atom. The third-order valence-electron chi connectivity index (χ3n) is 4.94. The van der Waals surface area contributed by atoms with Gasteiger partial charge < -0.3 is 10.2 Å². The zero-order valence-electron chi connectivity index (χ0n) is 16.6. The van der Waals surface area contributed by atoms with Gasteiger partial charge in [-0.2, -0.15) is 0 Å². The van der Waals surface area contributed by atoms with Crippen LogP contribution >= 0.6 is 0 Å². The summed E-state index contributed by atoms with van der Waals surface area (Å²) in [5, 5.41) is 3.05. The highest BCUT2D eigenvalue weighted by Crippen LogP contribution is 2.28. The number of rotatable bonds is 9. The molecular formula is C22H28N4O2. The van der Waals surface area contributed by atoms with Gasteiger partial charge in [0.2, 0.25) is 5.91 Å². The third-order valence-corrected chi connectivity index (χ3v) is 4.94. The van der Waals surface area contributed by atoms with Gasteiger partial charge in [0.05, 0.1) is 11.9 Å². The summed E-state index contributed by atoms with van der Waals surface area (Å²) in [6.45, 7) is 4.27. The minimum atomic E-state index is -0.139. The van der Waals surface area contributed by atoms with Crippen molar-refractivity contribution in [3.05, 3.63) is 59.7 Å². The predicted molar refractivity (Wildman–Crippen MR) is 108 cm³/mol. The second-order valence-corrected chi connectivity index (χ2v) is 7.52. The lowest BCUT2D eigenvalue weighted by molar-refractivity contribution is -0.121. The zero-order valence-corrected chi connectivity index (χ0v) is 16.6. The molecule has 0 spiro atoms. The minimum absolute atomic E-state index is 0.0194. The minimum Gasteiger partial charge on any atom is -0.354 e. The first-order valence-corrected chi connectivity index (χ1v) is 9.96. The molecule has 2 aromatic rings. The molecule has 148 valence electrons. The summed E-state index contributed by atoms with van der Waals surface area (Å²) in [6.07, 6.45) is 7.21. The van der Waals surface area contributed by atoms with Gasteiger partial charge in [-0.25, -0.2) is 4.98 Å². The van der Waals surface area contributed by atoms with Crippen molar-refractivity contribution in [3.8, 4) is 0 Å². The van der Waals surface area contributed by atoms with Crippen molar-refractivity contribution in [3.63, 3.8) is 0 Å². The second-order valence-electron chi connectivity index (χ2n) is 7.52. The van der Waals surface area contributed by atoms with E-state index in [1.54, 1.807) is 11.1 Å². The number of nitrogens with one attached hydrogen (secondary N) is 1. The monoisotopic (exact) mass is 380 g/mol. The lowest BCUT2D eigenvalue weighted by atomic mass is 10.1. The zero-order chi connectivity index (χ0) is 19.9. The van der Waals surface area contributed by atoms with Crippen LogP contribution in [-0.2, 0) is 11.2 Å². The summed E-state index contributed by atoms with van der Waals surface area (Å²) in [6, 6.07) is 10.6. The largest absolute Gasteiger partial charge is 0.354 e. The SMILES string of the molecule is Cc1cnc(C(=O)N(CCC(=O)NC(C)CCc2ccccc2)C2CC2)cn1. The Bertz CT molecular complexity index is 788. The number of hydrogen-bond acceptors (Lipinski definition) is 4. The quantitative estimate of drug-likeness (QED) is 0.726. The number of aromatic nitrogens is 2. The number of carbonyl (C=O) groups excluding carboxylic acids is 2. The Morgan fingerprint density at radius 1 is 1.18 bits per heavy atom. The number of carbonyl (C=O) groups is 2. The van der Waals surface area contributed by atoms with Gasteiger partial charge in [-0.1, -0.05) is 30.3 Å². The maximum atomic E-state index is 12.7. The molecule has 28 heavy (non-hydrogen) atoms. The van der Waals surface area contributed by atoms with Crippen molar-refractivity contribution in [1.29, 1.82) is 0 Å². The highest BCUT2D eigenvalue weighted by molar-refractivity contribution is 5.92. The van der Waals surface area contributed by atoms with E-state index in [1.165, 1.54) is 11.8 Å². The van der Waals surface area contributed by atoms with Gasteiger partial charge >= 0.3 is 0 Å². The Morgan fingerprint density at radius 3 is 2.57 bits per heavy atom. The summed E-state index contributed by atoms with van der Waals surface area (Å²) >= 11 is 0. The fraction of sp³-hybridized carbons (Fsp3) is 0.455. The van der Waals surface area contributed by atoms with E-state index < -0.39 is 0 Å². The number of hydrogen-bond donors (Lipinski definition) is 1. The van der Waals surface area contributed by atoms with Gasteiger partial charge in [0.25, 0.3) is 5.91 Å². The molecule has 1 unspecified atom stereocenters. The van der Waals surface area contributed by atoms with Crippen molar-refractivity contribution in [2.75, 3.05) is 6.54 Å². The van der Waals surface area contributed by atoms with Crippen LogP contribution in [0.3, 0.4) is 0 Å². The van der Waals surface area contributed by atoms with Gasteiger partial charge in [-0.15, -0.1) is 0 Å². The lowest BCUT2D eigenvalue weighted by Gasteiger charge is -2.22. The standard InChI is InChI=1S/C22H28N4O2/c1-16(8-9-18-6-4-3-5-7-18)25-21(27)12-13-26(19-10-11-19)22(28)20-15-23-17(2)14-24-20/h3-7,14-16,19H,8-13H2,1-2H3,(H,25,27). The molecule has 6 nitrogen and oxygen atoms in total. The molecule has 0 bridgehead atoms. The Labute approximate surface area is 166 Å². The number of amides is 2. The summed E-state index contributed by atoms with van der Waals surface area (Å²) < 4.78 is 0. The molecule has 6 heteroatoms. The Balaban J connectivity index is 1.46. The average Bonchev–Trinajstić information content (AvgIpc) is 3.53. The van der Waals surface area contributed by atoms with Crippen molar-refractivity contribution >= 4 is 11.8 Å². The first kappa shape index (κ1) is 20.0. The highest BCUT2D eigenvalue weighted by atomic mass is 16.2. The fourth-order valence-corrected chi connectivity index (χ4v) is 3.16. The van der Waals surface area contributed by atoms with Gasteiger partial charge in [0.15, 0.2) is 0 Å². The first-order chi connectivity index (χ1) is 13.5. The molecule has 1 fully saturated rings. The van der Waals surface area contributed by atoms with E-state index in [9.17, 15) is 9.59 Å². The van der Waals surface area contributed by atoms with Crippen molar-refractivity contribution in [2.45, 2.75) is 58.0 Å². The molecule has 0 radical (unpaired) electrons. The second kappa shape index (κ2) is 9.44. The maximum absolute atomic E-state index is 12.7. The fourth-order valence-electron chi connectivity index (χ4n) is 3.16. The molecule has 0 saturated heterocycles. The van der Waals surface area contributed by atoms with Crippen molar-refractivity contribution in [1.82, 2.24) is 20.2 Å². The molecular weight excluding hydrogens is 352 g/mol. The van der Waals surface area contributed by atoms with Crippen LogP contribution in [0.5, 0.6) is 0 Å². The predicted octanol–water partition coefficient (Wildman–Crippen LogP) is 2.92. The van der Waals surface area contributed by atoms with Crippen molar-refractivity contribution in [2.24, 2.45) is 0 Å². The molecule has 2 amide bonds. The molecule has 1 N–H and O–H groups in total. The van der Waals surface area contributed by atoms with Crippen LogP contribution in [0.15, 0.2) is 42.7 Å². The molecule has 1 heterocycles. The Kier molecular flexibility index (Phi) is 6.74. The molecule has 1 aromatic carbocycles. The van der Waals surface area contributed by atoms with Crippen LogP contribution < -0.4 is 5.32 Å². The van der Waals surface area contributed by atoms with Crippen LogP contribution in [0.4, 0.5) is 0 Å². The number of benzene rings is 1. The highest BCUT2D eigenvalue weighted by Gasteiger charge is 2.33. The normalized spacial score (nSPS) is 14.4. The summed E-state index contributed by atoms with van der Waals surface area (Å²) in [7, 11) is 0. The maximum Gasteiger partial charge on any atom is 0.274 e. The van der Waals surface area contributed by atoms with Crippen molar-refractivity contribution < 1.29 is 9.59 Å². The third kappa shape index (κ3) is 5.87. The summed E-state index contributed by atoms with van der Waals surface area (Å²) in [5.74, 6) is -0.158. The van der Waals surface area contributed by atoms with Gasteiger partial charge in [0.1, 0.15) is 5.69 Å². The van der Waals surface area contributed by atoms with E-state index in [4.69, 9.17) is 0 Å². The molecule has 3 rings (SSSR count). The molecule has 1 atom stereocenters. The van der Waals surface area contributed by atoms with Gasteiger partial charge in [-0.3, -0.25) is 14.6 Å². The van der Waals surface area contributed by atoms with E-state index in [0.717, 1.165) is 31.4 Å². The van der Waals surface area contributed by atoms with Crippen LogP contribution in [0, 0.1) is 6.92 Å². The summed E-state index contributed by atoms with van der Waals surface area (Å²) in [5.41, 5.74) is 2.39. The molecule has 1 aliphatic rings. The molecule has 1 saturated carbocycles. The lowest BCUT2D eigenvalue weighted by Crippen LogP contribution is -2.39. The topological polar surface area (TPSA) is 75.2 Å². The van der Waals surface area contributed by atoms with E-state index >= 15 is 0 Å². The van der Waals surface area contributed by atoms with Crippen LogP contribution in [-0.4, -0.2) is 45.3 Å². The summed E-state index contributed by atoms with van der Waals surface area (Å²) in [4.78, 5) is 35.2. The van der Waals surface area contributed by atoms with E-state index in [2.05, 4.69) is 27.4 Å². The van der Waals surface area contributed by atoms with Crippen LogP contribution in [0.2, 0.25) is 0 Å².